The predicted molar refractivity (Wildman–Crippen MR) is 77.2 cm³/mol. The molecule has 6 nitrogen and oxygen atoms in total. The van der Waals surface area contributed by atoms with Crippen LogP contribution in [-0.4, -0.2) is 47.4 Å². The monoisotopic (exact) mass is 299 g/mol. The van der Waals surface area contributed by atoms with Gasteiger partial charge in [0.15, 0.2) is 5.78 Å². The average molecular weight is 299 g/mol. The molecule has 20 heavy (non-hydrogen) atoms. The van der Waals surface area contributed by atoms with Gasteiger partial charge in [-0.2, -0.15) is 0 Å². The number of hydrogen-bond donors (Lipinski definition) is 3. The van der Waals surface area contributed by atoms with Crippen LogP contribution >= 0.6 is 11.8 Å². The van der Waals surface area contributed by atoms with E-state index in [-0.39, 0.29) is 28.9 Å². The quantitative estimate of drug-likeness (QED) is 0.645. The Hall–Kier alpha value is -1.08. The van der Waals surface area contributed by atoms with Gasteiger partial charge in [0.2, 0.25) is 11.8 Å². The Kier molecular flexibility index (Phi) is 5.04. The summed E-state index contributed by atoms with van der Waals surface area (Å²) in [6.45, 7) is 4.64. The van der Waals surface area contributed by atoms with E-state index in [0.29, 0.717) is 12.8 Å². The van der Waals surface area contributed by atoms with Crippen LogP contribution in [0.3, 0.4) is 0 Å². The topological polar surface area (TPSA) is 87.3 Å². The van der Waals surface area contributed by atoms with Gasteiger partial charge in [-0.05, 0) is 12.3 Å². The first-order valence-corrected chi connectivity index (χ1v) is 8.02. The molecule has 112 valence electrons. The molecule has 3 unspecified atom stereocenters. The molecule has 0 spiro atoms. The molecule has 2 amide bonds. The number of amides is 2. The number of rotatable bonds is 5. The van der Waals surface area contributed by atoms with Crippen molar-refractivity contribution in [3.63, 3.8) is 0 Å². The van der Waals surface area contributed by atoms with Crippen LogP contribution in [0.4, 0.5) is 0 Å². The van der Waals surface area contributed by atoms with Gasteiger partial charge in [-0.15, -0.1) is 11.8 Å². The van der Waals surface area contributed by atoms with Gasteiger partial charge in [0, 0.05) is 18.7 Å². The summed E-state index contributed by atoms with van der Waals surface area (Å²) in [5.41, 5.74) is 0. The lowest BCUT2D eigenvalue weighted by molar-refractivity contribution is -0.130. The van der Waals surface area contributed by atoms with Crippen LogP contribution in [0.5, 0.6) is 0 Å². The van der Waals surface area contributed by atoms with E-state index in [0.717, 1.165) is 12.3 Å². The number of Topliss-reactive ketones (excluding diaryl/α,β-unsaturated/α-hetero) is 1. The van der Waals surface area contributed by atoms with Crippen LogP contribution in [-0.2, 0) is 14.4 Å². The smallest absolute Gasteiger partial charge is 0.243 e. The van der Waals surface area contributed by atoms with Gasteiger partial charge in [-0.1, -0.05) is 13.8 Å². The molecular formula is C13H21N3O3S. The molecule has 2 fully saturated rings. The molecule has 2 heterocycles. The Labute approximate surface area is 122 Å². The molecule has 0 aliphatic carbocycles. The molecule has 2 rings (SSSR count). The number of hydrogen-bond acceptors (Lipinski definition) is 5. The molecule has 0 bridgehead atoms. The lowest BCUT2D eigenvalue weighted by atomic mass is 9.99. The predicted octanol–water partition coefficient (Wildman–Crippen LogP) is -0.363. The molecule has 2 saturated heterocycles. The normalized spacial score (nSPS) is 27.4. The highest BCUT2D eigenvalue weighted by Gasteiger charge is 2.35. The van der Waals surface area contributed by atoms with Gasteiger partial charge in [0.05, 0.1) is 6.04 Å². The summed E-state index contributed by atoms with van der Waals surface area (Å²) in [6, 6.07) is -1.01. The van der Waals surface area contributed by atoms with E-state index >= 15 is 0 Å². The highest BCUT2D eigenvalue weighted by Crippen LogP contribution is 2.19. The van der Waals surface area contributed by atoms with Crippen molar-refractivity contribution >= 4 is 29.4 Å². The molecular weight excluding hydrogens is 278 g/mol. The van der Waals surface area contributed by atoms with Crippen molar-refractivity contribution in [3.8, 4) is 0 Å². The Morgan fingerprint density at radius 1 is 1.40 bits per heavy atom. The Morgan fingerprint density at radius 3 is 2.65 bits per heavy atom. The van der Waals surface area contributed by atoms with E-state index in [2.05, 4.69) is 16.0 Å². The summed E-state index contributed by atoms with van der Waals surface area (Å²) in [7, 11) is 0. The molecule has 3 atom stereocenters. The average Bonchev–Trinajstić information content (AvgIpc) is 3.05. The molecule has 3 N–H and O–H groups in total. The van der Waals surface area contributed by atoms with Gasteiger partial charge < -0.3 is 10.6 Å². The van der Waals surface area contributed by atoms with Crippen LogP contribution < -0.4 is 16.0 Å². The molecule has 0 aromatic rings. The second-order valence-electron chi connectivity index (χ2n) is 5.50. The van der Waals surface area contributed by atoms with Gasteiger partial charge in [-0.3, -0.25) is 19.7 Å². The van der Waals surface area contributed by atoms with Crippen molar-refractivity contribution < 1.29 is 14.4 Å². The van der Waals surface area contributed by atoms with Crippen molar-refractivity contribution in [3.05, 3.63) is 0 Å². The number of carbonyl (C=O) groups excluding carboxylic acids is 3. The third-order valence-corrected chi connectivity index (χ3v) is 4.73. The number of thioether (sulfide) groups is 1. The molecule has 7 heteroatoms. The zero-order chi connectivity index (χ0) is 14.7. The first-order valence-electron chi connectivity index (χ1n) is 6.97. The third-order valence-electron chi connectivity index (χ3n) is 3.56. The first-order chi connectivity index (χ1) is 9.49. The van der Waals surface area contributed by atoms with Crippen molar-refractivity contribution in [2.24, 2.45) is 5.92 Å². The Balaban J connectivity index is 1.96. The van der Waals surface area contributed by atoms with Crippen LogP contribution in [0.1, 0.15) is 26.7 Å². The van der Waals surface area contributed by atoms with E-state index in [9.17, 15) is 14.4 Å². The number of carbonyl (C=O) groups is 3. The van der Waals surface area contributed by atoms with Crippen molar-refractivity contribution in [1.29, 1.82) is 0 Å². The van der Waals surface area contributed by atoms with Crippen molar-refractivity contribution in [2.75, 3.05) is 12.3 Å². The fourth-order valence-electron chi connectivity index (χ4n) is 2.40. The standard InChI is InChI=1S/C13H21N3O3S/c1-7(2)10(11(18)13-14-5-6-20-13)16-12(19)8-3-4-9(17)15-8/h7-8,10,13-14H,3-6H2,1-2H3,(H,15,17)(H,16,19). The minimum absolute atomic E-state index is 0.0140. The highest BCUT2D eigenvalue weighted by atomic mass is 32.2. The summed E-state index contributed by atoms with van der Waals surface area (Å²) in [5, 5.41) is 8.32. The summed E-state index contributed by atoms with van der Waals surface area (Å²) < 4.78 is 0. The maximum atomic E-state index is 12.4. The van der Waals surface area contributed by atoms with E-state index < -0.39 is 12.1 Å². The van der Waals surface area contributed by atoms with E-state index in [4.69, 9.17) is 0 Å². The lowest BCUT2D eigenvalue weighted by Crippen LogP contribution is -2.54. The van der Waals surface area contributed by atoms with Crippen LogP contribution in [0, 0.1) is 5.92 Å². The summed E-state index contributed by atoms with van der Waals surface area (Å²) in [4.78, 5) is 35.7. The van der Waals surface area contributed by atoms with E-state index in [1.807, 2.05) is 13.8 Å². The second kappa shape index (κ2) is 6.58. The first kappa shape index (κ1) is 15.3. The van der Waals surface area contributed by atoms with Gasteiger partial charge >= 0.3 is 0 Å². The van der Waals surface area contributed by atoms with Crippen molar-refractivity contribution in [1.82, 2.24) is 16.0 Å². The number of nitrogens with one attached hydrogen (secondary N) is 3. The van der Waals surface area contributed by atoms with Crippen LogP contribution in [0.2, 0.25) is 0 Å². The summed E-state index contributed by atoms with van der Waals surface area (Å²) in [5.74, 6) is 0.580. The molecule has 2 aliphatic rings. The zero-order valence-electron chi connectivity index (χ0n) is 11.8. The minimum atomic E-state index is -0.511. The molecule has 2 aliphatic heterocycles. The van der Waals surface area contributed by atoms with Crippen LogP contribution in [0.25, 0.3) is 0 Å². The fraction of sp³-hybridized carbons (Fsp3) is 0.769. The second-order valence-corrected chi connectivity index (χ2v) is 6.71. The minimum Gasteiger partial charge on any atom is -0.344 e. The van der Waals surface area contributed by atoms with Crippen molar-refractivity contribution in [2.45, 2.75) is 44.1 Å². The maximum absolute atomic E-state index is 12.4. The van der Waals surface area contributed by atoms with Gasteiger partial charge in [0.1, 0.15) is 11.4 Å². The molecule has 0 aromatic heterocycles. The van der Waals surface area contributed by atoms with Gasteiger partial charge in [0.25, 0.3) is 0 Å². The van der Waals surface area contributed by atoms with Gasteiger partial charge in [-0.25, -0.2) is 0 Å². The summed E-state index contributed by atoms with van der Waals surface area (Å²) in [6.07, 6.45) is 0.874. The Morgan fingerprint density at radius 2 is 2.15 bits per heavy atom. The Bertz CT molecular complexity index is 408. The molecule has 0 saturated carbocycles. The van der Waals surface area contributed by atoms with E-state index in [1.165, 1.54) is 0 Å². The fourth-order valence-corrected chi connectivity index (χ4v) is 3.42. The molecule has 0 aromatic carbocycles. The summed E-state index contributed by atoms with van der Waals surface area (Å²) >= 11 is 1.57. The van der Waals surface area contributed by atoms with Crippen LogP contribution in [0.15, 0.2) is 0 Å². The SMILES string of the molecule is CC(C)C(NC(=O)C1CCC(=O)N1)C(=O)C1NCCS1. The zero-order valence-corrected chi connectivity index (χ0v) is 12.6. The lowest BCUT2D eigenvalue weighted by Gasteiger charge is -2.25. The third kappa shape index (κ3) is 3.52. The largest absolute Gasteiger partial charge is 0.344 e. The number of ketones is 1. The molecule has 0 radical (unpaired) electrons. The maximum Gasteiger partial charge on any atom is 0.243 e. The van der Waals surface area contributed by atoms with E-state index in [1.54, 1.807) is 11.8 Å². The highest BCUT2D eigenvalue weighted by molar-refractivity contribution is 8.00.